The van der Waals surface area contributed by atoms with Gasteiger partial charge >= 0.3 is 0 Å². The number of pyridine rings is 2. The van der Waals surface area contributed by atoms with Crippen molar-refractivity contribution in [2.75, 3.05) is 0 Å². The highest BCUT2D eigenvalue weighted by Gasteiger charge is 2.23. The van der Waals surface area contributed by atoms with Crippen LogP contribution in [0.25, 0.3) is 21.8 Å². The van der Waals surface area contributed by atoms with Crippen LogP contribution in [-0.2, 0) is 11.8 Å². The third-order valence-electron chi connectivity index (χ3n) is 5.53. The van der Waals surface area contributed by atoms with Crippen LogP contribution in [0.5, 0.6) is 0 Å². The Balaban J connectivity index is 1.73. The molecule has 0 amide bonds. The van der Waals surface area contributed by atoms with Gasteiger partial charge in [0, 0.05) is 23.2 Å². The van der Waals surface area contributed by atoms with E-state index in [-0.39, 0.29) is 5.41 Å². The summed E-state index contributed by atoms with van der Waals surface area (Å²) >= 11 is 0. The van der Waals surface area contributed by atoms with Gasteiger partial charge in [-0.15, -0.1) is 0 Å². The SMILES string of the molecule is CC(C)c1ccc2c(CC(C)(C)c3cnc4ccccc4c3)ccnc2c1. The van der Waals surface area contributed by atoms with Gasteiger partial charge in [-0.05, 0) is 58.7 Å². The van der Waals surface area contributed by atoms with Crippen molar-refractivity contribution in [2.24, 2.45) is 0 Å². The van der Waals surface area contributed by atoms with E-state index in [1.807, 2.05) is 18.5 Å². The average Bonchev–Trinajstić information content (AvgIpc) is 2.67. The van der Waals surface area contributed by atoms with Crippen LogP contribution in [0.2, 0.25) is 0 Å². The average molecular weight is 354 g/mol. The Bertz CT molecular complexity index is 1110. The fraction of sp³-hybridized carbons (Fsp3) is 0.280. The zero-order chi connectivity index (χ0) is 19.0. The Labute approximate surface area is 161 Å². The molecule has 0 aliphatic rings. The van der Waals surface area contributed by atoms with Crippen LogP contribution >= 0.6 is 0 Å². The molecule has 2 nitrogen and oxygen atoms in total. The largest absolute Gasteiger partial charge is 0.256 e. The Hall–Kier alpha value is -2.74. The minimum atomic E-state index is -0.0119. The van der Waals surface area contributed by atoms with E-state index in [0.717, 1.165) is 17.5 Å². The number of hydrogen-bond acceptors (Lipinski definition) is 2. The topological polar surface area (TPSA) is 25.8 Å². The monoisotopic (exact) mass is 354 g/mol. The number of hydrogen-bond donors (Lipinski definition) is 0. The predicted molar refractivity (Wildman–Crippen MR) is 114 cm³/mol. The summed E-state index contributed by atoms with van der Waals surface area (Å²) in [6.07, 6.45) is 4.92. The number of fused-ring (bicyclic) bond motifs is 2. The van der Waals surface area contributed by atoms with Crippen LogP contribution < -0.4 is 0 Å². The number of nitrogens with zero attached hydrogens (tertiary/aromatic N) is 2. The lowest BCUT2D eigenvalue weighted by Gasteiger charge is -2.26. The van der Waals surface area contributed by atoms with E-state index in [1.165, 1.54) is 27.5 Å². The molecule has 0 saturated carbocycles. The van der Waals surface area contributed by atoms with Gasteiger partial charge in [-0.25, -0.2) is 0 Å². The van der Waals surface area contributed by atoms with Crippen LogP contribution in [0.4, 0.5) is 0 Å². The van der Waals surface area contributed by atoms with Crippen LogP contribution in [0.3, 0.4) is 0 Å². The van der Waals surface area contributed by atoms with Crippen LogP contribution in [0.15, 0.2) is 67.0 Å². The highest BCUT2D eigenvalue weighted by atomic mass is 14.7. The first-order valence-electron chi connectivity index (χ1n) is 9.67. The zero-order valence-electron chi connectivity index (χ0n) is 16.5. The van der Waals surface area contributed by atoms with Crippen LogP contribution in [0, 0.1) is 0 Å². The van der Waals surface area contributed by atoms with Crippen molar-refractivity contribution < 1.29 is 0 Å². The second-order valence-corrected chi connectivity index (χ2v) is 8.38. The molecule has 2 heterocycles. The molecule has 0 atom stereocenters. The maximum absolute atomic E-state index is 4.67. The summed E-state index contributed by atoms with van der Waals surface area (Å²) < 4.78 is 0. The zero-order valence-corrected chi connectivity index (χ0v) is 16.5. The van der Waals surface area contributed by atoms with Gasteiger partial charge in [0.1, 0.15) is 0 Å². The minimum Gasteiger partial charge on any atom is -0.256 e. The van der Waals surface area contributed by atoms with Crippen molar-refractivity contribution >= 4 is 21.8 Å². The van der Waals surface area contributed by atoms with Crippen molar-refractivity contribution in [2.45, 2.75) is 45.4 Å². The van der Waals surface area contributed by atoms with E-state index in [0.29, 0.717) is 5.92 Å². The van der Waals surface area contributed by atoms with Crippen LogP contribution in [-0.4, -0.2) is 9.97 Å². The fourth-order valence-electron chi connectivity index (χ4n) is 3.76. The third-order valence-corrected chi connectivity index (χ3v) is 5.53. The fourth-order valence-corrected chi connectivity index (χ4v) is 3.76. The lowest BCUT2D eigenvalue weighted by Crippen LogP contribution is -2.21. The number of aromatic nitrogens is 2. The van der Waals surface area contributed by atoms with E-state index < -0.39 is 0 Å². The quantitative estimate of drug-likeness (QED) is 0.422. The summed E-state index contributed by atoms with van der Waals surface area (Å²) in [5.41, 5.74) is 6.07. The highest BCUT2D eigenvalue weighted by Crippen LogP contribution is 2.32. The molecule has 0 radical (unpaired) electrons. The first-order chi connectivity index (χ1) is 12.9. The Kier molecular flexibility index (Phi) is 4.43. The highest BCUT2D eigenvalue weighted by molar-refractivity contribution is 5.83. The Morgan fingerprint density at radius 1 is 0.889 bits per heavy atom. The summed E-state index contributed by atoms with van der Waals surface area (Å²) in [6, 6.07) is 19.5. The molecule has 27 heavy (non-hydrogen) atoms. The molecule has 0 saturated heterocycles. The van der Waals surface area contributed by atoms with E-state index >= 15 is 0 Å². The maximum Gasteiger partial charge on any atom is 0.0707 e. The molecule has 0 fully saturated rings. The molecule has 0 aliphatic carbocycles. The van der Waals surface area contributed by atoms with Gasteiger partial charge in [0.15, 0.2) is 0 Å². The standard InChI is InChI=1S/C25H26N2/c1-17(2)18-9-10-22-20(11-12-26-24(22)14-18)15-25(3,4)21-13-19-7-5-6-8-23(19)27-16-21/h5-14,16-17H,15H2,1-4H3. The van der Waals surface area contributed by atoms with Crippen LogP contribution in [0.1, 0.15) is 50.3 Å². The molecule has 0 N–H and O–H groups in total. The molecule has 2 aromatic carbocycles. The summed E-state index contributed by atoms with van der Waals surface area (Å²) in [4.78, 5) is 9.29. The van der Waals surface area contributed by atoms with E-state index in [4.69, 9.17) is 0 Å². The predicted octanol–water partition coefficient (Wildman–Crippen LogP) is 6.43. The number of rotatable bonds is 4. The molecule has 136 valence electrons. The molecule has 4 aromatic rings. The van der Waals surface area contributed by atoms with Gasteiger partial charge in [-0.3, -0.25) is 9.97 Å². The van der Waals surface area contributed by atoms with Crippen molar-refractivity contribution in [3.63, 3.8) is 0 Å². The number of benzene rings is 2. The minimum absolute atomic E-state index is 0.0119. The first-order valence-corrected chi connectivity index (χ1v) is 9.67. The second kappa shape index (κ2) is 6.77. The van der Waals surface area contributed by atoms with E-state index in [1.54, 1.807) is 0 Å². The van der Waals surface area contributed by atoms with Crippen molar-refractivity contribution in [3.05, 3.63) is 83.7 Å². The second-order valence-electron chi connectivity index (χ2n) is 8.38. The number of para-hydroxylation sites is 1. The first kappa shape index (κ1) is 17.7. The maximum atomic E-state index is 4.67. The summed E-state index contributed by atoms with van der Waals surface area (Å²) in [7, 11) is 0. The summed E-state index contributed by atoms with van der Waals surface area (Å²) in [6.45, 7) is 9.04. The van der Waals surface area contributed by atoms with E-state index in [2.05, 4.69) is 86.2 Å². The van der Waals surface area contributed by atoms with Crippen molar-refractivity contribution in [3.8, 4) is 0 Å². The third kappa shape index (κ3) is 3.44. The van der Waals surface area contributed by atoms with Crippen molar-refractivity contribution in [1.29, 1.82) is 0 Å². The van der Waals surface area contributed by atoms with Gasteiger partial charge in [0.05, 0.1) is 11.0 Å². The normalized spacial score (nSPS) is 12.2. The Morgan fingerprint density at radius 3 is 2.52 bits per heavy atom. The van der Waals surface area contributed by atoms with Crippen molar-refractivity contribution in [1.82, 2.24) is 9.97 Å². The molecule has 0 unspecified atom stereocenters. The smallest absolute Gasteiger partial charge is 0.0707 e. The molecule has 2 aromatic heterocycles. The summed E-state index contributed by atoms with van der Waals surface area (Å²) in [5, 5.41) is 2.45. The van der Waals surface area contributed by atoms with Gasteiger partial charge in [0.2, 0.25) is 0 Å². The van der Waals surface area contributed by atoms with E-state index in [9.17, 15) is 0 Å². The molecule has 2 heteroatoms. The molecule has 0 aliphatic heterocycles. The molecule has 0 spiro atoms. The van der Waals surface area contributed by atoms with Gasteiger partial charge in [-0.1, -0.05) is 58.0 Å². The lowest BCUT2D eigenvalue weighted by molar-refractivity contribution is 0.523. The molecular formula is C25H26N2. The Morgan fingerprint density at radius 2 is 1.70 bits per heavy atom. The van der Waals surface area contributed by atoms with Gasteiger partial charge < -0.3 is 0 Å². The summed E-state index contributed by atoms with van der Waals surface area (Å²) in [5.74, 6) is 0.514. The molecular weight excluding hydrogens is 328 g/mol. The van der Waals surface area contributed by atoms with Gasteiger partial charge in [0.25, 0.3) is 0 Å². The molecule has 0 bridgehead atoms. The van der Waals surface area contributed by atoms with Gasteiger partial charge in [-0.2, -0.15) is 0 Å². The molecule has 4 rings (SSSR count). The lowest BCUT2D eigenvalue weighted by atomic mass is 9.79.